The summed E-state index contributed by atoms with van der Waals surface area (Å²) in [4.78, 5) is 23.4. The number of allylic oxidation sites excluding steroid dienone is 1. The highest BCUT2D eigenvalue weighted by Gasteiger charge is 2.55. The first-order chi connectivity index (χ1) is 18.9. The van der Waals surface area contributed by atoms with Crippen LogP contribution in [0.3, 0.4) is 0 Å². The summed E-state index contributed by atoms with van der Waals surface area (Å²) in [6, 6.07) is 12.6. The van der Waals surface area contributed by atoms with Crippen molar-refractivity contribution in [1.82, 2.24) is 29.7 Å². The summed E-state index contributed by atoms with van der Waals surface area (Å²) in [5.74, 6) is 1.67. The van der Waals surface area contributed by atoms with Gasteiger partial charge in [0.25, 0.3) is 5.56 Å². The number of nitrogens with two attached hydrogens (primary N) is 1. The van der Waals surface area contributed by atoms with Gasteiger partial charge in [0.15, 0.2) is 16.6 Å². The van der Waals surface area contributed by atoms with Crippen LogP contribution >= 0.6 is 23.2 Å². The minimum absolute atomic E-state index is 0.120. The third-order valence-electron chi connectivity index (χ3n) is 7.75. The number of fused-ring (bicyclic) bond motifs is 4. The van der Waals surface area contributed by atoms with Crippen LogP contribution in [0.4, 0.5) is 5.82 Å². The van der Waals surface area contributed by atoms with Crippen molar-refractivity contribution in [2.45, 2.75) is 24.8 Å². The lowest BCUT2D eigenvalue weighted by atomic mass is 9.97. The molecule has 0 amide bonds. The Hall–Kier alpha value is -4.28. The number of anilines is 1. The van der Waals surface area contributed by atoms with Gasteiger partial charge in [-0.25, -0.2) is 9.67 Å². The van der Waals surface area contributed by atoms with Crippen molar-refractivity contribution in [2.75, 3.05) is 5.73 Å². The molecule has 2 N–H and O–H groups in total. The molecule has 2 aliphatic heterocycles. The first-order valence-electron chi connectivity index (χ1n) is 12.4. The van der Waals surface area contributed by atoms with E-state index in [4.69, 9.17) is 43.4 Å². The van der Waals surface area contributed by atoms with Gasteiger partial charge in [-0.3, -0.25) is 14.4 Å². The highest BCUT2D eigenvalue weighted by Crippen LogP contribution is 2.59. The fraction of sp³-hybridized carbons (Fsp3) is 0.185. The molecule has 1 saturated carbocycles. The molecule has 1 fully saturated rings. The average molecular weight is 557 g/mol. The molecule has 0 unspecified atom stereocenters. The van der Waals surface area contributed by atoms with Gasteiger partial charge < -0.3 is 10.3 Å². The Kier molecular flexibility index (Phi) is 4.72. The molecule has 10 nitrogen and oxygen atoms in total. The Labute approximate surface area is 230 Å². The number of aromatic nitrogens is 6. The Bertz CT molecular complexity index is 1970. The van der Waals surface area contributed by atoms with E-state index in [0.29, 0.717) is 45.7 Å². The quantitative estimate of drug-likeness (QED) is 0.327. The van der Waals surface area contributed by atoms with Gasteiger partial charge in [0, 0.05) is 40.9 Å². The average Bonchev–Trinajstić information content (AvgIpc) is 3.28. The molecule has 3 aromatic heterocycles. The number of hydrogen-bond acceptors (Lipinski definition) is 8. The molecule has 0 spiro atoms. The summed E-state index contributed by atoms with van der Waals surface area (Å²) in [5, 5.41) is 13.4. The van der Waals surface area contributed by atoms with Gasteiger partial charge in [-0.05, 0) is 53.8 Å². The normalized spacial score (nSPS) is 21.1. The molecule has 5 heterocycles. The van der Waals surface area contributed by atoms with Crippen LogP contribution < -0.4 is 11.3 Å². The minimum Gasteiger partial charge on any atom is -0.380 e. The third-order valence-corrected chi connectivity index (χ3v) is 8.16. The van der Waals surface area contributed by atoms with Crippen molar-refractivity contribution in [1.29, 1.82) is 0 Å². The van der Waals surface area contributed by atoms with Crippen molar-refractivity contribution in [3.63, 3.8) is 0 Å². The van der Waals surface area contributed by atoms with E-state index < -0.39 is 0 Å². The zero-order valence-corrected chi connectivity index (χ0v) is 21.6. The van der Waals surface area contributed by atoms with Crippen LogP contribution in [0.5, 0.6) is 0 Å². The van der Waals surface area contributed by atoms with Gasteiger partial charge in [0.05, 0.1) is 29.0 Å². The number of rotatable bonds is 4. The monoisotopic (exact) mass is 556 g/mol. The molecule has 39 heavy (non-hydrogen) atoms. The molecular formula is C27H18Cl2N8O2. The van der Waals surface area contributed by atoms with Gasteiger partial charge in [0.2, 0.25) is 0 Å². The lowest BCUT2D eigenvalue weighted by molar-refractivity contribution is 0.460. The van der Waals surface area contributed by atoms with E-state index in [1.165, 1.54) is 0 Å². The Morgan fingerprint density at radius 2 is 2.00 bits per heavy atom. The number of benzene rings is 2. The third kappa shape index (κ3) is 3.48. The van der Waals surface area contributed by atoms with E-state index in [2.05, 4.69) is 15.5 Å². The van der Waals surface area contributed by atoms with E-state index in [-0.39, 0.29) is 22.7 Å². The van der Waals surface area contributed by atoms with Gasteiger partial charge in [-0.1, -0.05) is 39.6 Å². The van der Waals surface area contributed by atoms with Gasteiger partial charge >= 0.3 is 0 Å². The highest BCUT2D eigenvalue weighted by atomic mass is 35.5. The lowest BCUT2D eigenvalue weighted by Gasteiger charge is -2.19. The van der Waals surface area contributed by atoms with Crippen molar-refractivity contribution < 1.29 is 4.52 Å². The molecule has 192 valence electrons. The van der Waals surface area contributed by atoms with Crippen LogP contribution in [0.2, 0.25) is 10.2 Å². The fourth-order valence-electron chi connectivity index (χ4n) is 5.87. The zero-order chi connectivity index (χ0) is 26.4. The topological polar surface area (TPSA) is 130 Å². The van der Waals surface area contributed by atoms with Crippen molar-refractivity contribution in [2.24, 2.45) is 10.9 Å². The number of aliphatic imine (C=N–C) groups is 1. The highest BCUT2D eigenvalue weighted by molar-refractivity contribution is 6.31. The Morgan fingerprint density at radius 1 is 1.10 bits per heavy atom. The standard InChI is InChI=1S/C27H18Cl2N8O2/c28-14-2-4-21(36-11-23(29)33-35-36)18(7-14)19-9-24(38)37-25(16-8-17(16)27(37)32-19)20-5-13(10-31-20)12-1-3-15-22(6-12)39-34-26(15)30/h1-4,6-7,9-11,16-17,25H,5,8H2,(H2,30,34)/t16-,17+,25-/m0/s1. The van der Waals surface area contributed by atoms with E-state index >= 15 is 0 Å². The predicted molar refractivity (Wildman–Crippen MR) is 147 cm³/mol. The van der Waals surface area contributed by atoms with Crippen LogP contribution in [0, 0.1) is 5.92 Å². The maximum Gasteiger partial charge on any atom is 0.254 e. The van der Waals surface area contributed by atoms with E-state index in [1.807, 2.05) is 35.0 Å². The van der Waals surface area contributed by atoms with E-state index in [9.17, 15) is 4.79 Å². The number of hydrogen-bond donors (Lipinski definition) is 1. The smallest absolute Gasteiger partial charge is 0.254 e. The summed E-state index contributed by atoms with van der Waals surface area (Å²) < 4.78 is 8.70. The number of halogens is 2. The lowest BCUT2D eigenvalue weighted by Crippen LogP contribution is -2.30. The largest absolute Gasteiger partial charge is 0.380 e. The molecule has 12 heteroatoms. The summed E-state index contributed by atoms with van der Waals surface area (Å²) in [7, 11) is 0. The van der Waals surface area contributed by atoms with E-state index in [1.54, 1.807) is 29.1 Å². The number of nitrogen functional groups attached to an aromatic ring is 1. The molecule has 3 aliphatic rings. The SMILES string of the molecule is Nc1noc2cc(C3=CN=C([C@@H]4[C@H]5C[C@H]5c5nc(-c6cc(Cl)ccc6-n6cc(Cl)nn6)cc(=O)n54)C3)ccc12. The second-order valence-corrected chi connectivity index (χ2v) is 10.9. The minimum atomic E-state index is -0.121. The maximum atomic E-state index is 13.6. The summed E-state index contributed by atoms with van der Waals surface area (Å²) in [6.07, 6.45) is 5.08. The van der Waals surface area contributed by atoms with Gasteiger partial charge in [0.1, 0.15) is 5.82 Å². The van der Waals surface area contributed by atoms with E-state index in [0.717, 1.165) is 34.5 Å². The zero-order valence-electron chi connectivity index (χ0n) is 20.1. The maximum absolute atomic E-state index is 13.6. The van der Waals surface area contributed by atoms with Crippen molar-refractivity contribution in [3.05, 3.63) is 86.8 Å². The van der Waals surface area contributed by atoms with Crippen molar-refractivity contribution >= 4 is 51.3 Å². The Morgan fingerprint density at radius 3 is 2.85 bits per heavy atom. The van der Waals surface area contributed by atoms with Crippen LogP contribution in [-0.4, -0.2) is 35.4 Å². The Balaban J connectivity index is 1.14. The summed E-state index contributed by atoms with van der Waals surface area (Å²) in [6.45, 7) is 0. The summed E-state index contributed by atoms with van der Waals surface area (Å²) >= 11 is 12.3. The fourth-order valence-corrected chi connectivity index (χ4v) is 6.17. The van der Waals surface area contributed by atoms with Gasteiger partial charge in [-0.2, -0.15) is 0 Å². The molecule has 1 aliphatic carbocycles. The molecule has 2 aromatic carbocycles. The molecule has 5 aromatic rings. The number of nitrogens with zero attached hydrogens (tertiary/aromatic N) is 7. The second kappa shape index (κ2) is 8.11. The first-order valence-corrected chi connectivity index (χ1v) is 13.1. The van der Waals surface area contributed by atoms with Crippen LogP contribution in [0.1, 0.15) is 36.2 Å². The molecular weight excluding hydrogens is 539 g/mol. The molecule has 0 radical (unpaired) electrons. The van der Waals surface area contributed by atoms with Crippen LogP contribution in [0.25, 0.3) is 33.5 Å². The van der Waals surface area contributed by atoms with Crippen LogP contribution in [-0.2, 0) is 0 Å². The molecule has 8 rings (SSSR count). The second-order valence-electron chi connectivity index (χ2n) is 10.0. The van der Waals surface area contributed by atoms with Crippen LogP contribution in [0.15, 0.2) is 69.2 Å². The summed E-state index contributed by atoms with van der Waals surface area (Å²) in [5.41, 5.74) is 11.3. The van der Waals surface area contributed by atoms with Gasteiger partial charge in [-0.15, -0.1) is 5.10 Å². The van der Waals surface area contributed by atoms with Crippen molar-refractivity contribution in [3.8, 4) is 16.9 Å². The molecule has 0 saturated heterocycles. The molecule has 0 bridgehead atoms. The molecule has 3 atom stereocenters. The predicted octanol–water partition coefficient (Wildman–Crippen LogP) is 5.07. The first kappa shape index (κ1) is 22.7.